The highest BCUT2D eigenvalue weighted by atomic mass is 35.5. The van der Waals surface area contributed by atoms with E-state index in [1.807, 2.05) is 0 Å². The van der Waals surface area contributed by atoms with E-state index in [9.17, 15) is 13.2 Å². The second-order valence-electron chi connectivity index (χ2n) is 4.30. The van der Waals surface area contributed by atoms with E-state index in [-0.39, 0.29) is 24.6 Å². The van der Waals surface area contributed by atoms with E-state index in [1.54, 1.807) is 19.9 Å². The molecule has 0 spiro atoms. The van der Waals surface area contributed by atoms with Gasteiger partial charge in [-0.25, -0.2) is 8.42 Å². The van der Waals surface area contributed by atoms with E-state index < -0.39 is 16.0 Å². The molecule has 0 saturated heterocycles. The summed E-state index contributed by atoms with van der Waals surface area (Å²) in [4.78, 5) is 11.7. The number of halogens is 1. The smallest absolute Gasteiger partial charge is 0.321 e. The minimum Gasteiger partial charge on any atom is -0.465 e. The minimum atomic E-state index is -3.82. The van der Waals surface area contributed by atoms with Gasteiger partial charge in [0.25, 0.3) is 0 Å². The molecule has 1 rings (SSSR count). The van der Waals surface area contributed by atoms with Crippen molar-refractivity contribution in [1.82, 2.24) is 4.31 Å². The highest BCUT2D eigenvalue weighted by Crippen LogP contribution is 2.23. The normalized spacial score (nSPS) is 11.4. The lowest BCUT2D eigenvalue weighted by molar-refractivity contribution is -0.143. The summed E-state index contributed by atoms with van der Waals surface area (Å²) in [7, 11) is -3.82. The summed E-state index contributed by atoms with van der Waals surface area (Å²) in [6.45, 7) is 6.68. The first-order chi connectivity index (χ1) is 9.82. The fourth-order valence-corrected chi connectivity index (χ4v) is 3.57. The zero-order chi connectivity index (χ0) is 16.0. The number of nitrogens with zero attached hydrogens (tertiary/aromatic N) is 1. The van der Waals surface area contributed by atoms with Crippen LogP contribution in [0.3, 0.4) is 0 Å². The van der Waals surface area contributed by atoms with Gasteiger partial charge in [-0.1, -0.05) is 17.7 Å². The molecule has 0 atom stereocenters. The number of aryl methyl sites for hydroxylation is 1. The van der Waals surface area contributed by atoms with Gasteiger partial charge >= 0.3 is 5.97 Å². The molecule has 0 radical (unpaired) electrons. The summed E-state index contributed by atoms with van der Waals surface area (Å²) in [6.07, 6.45) is 1.42. The molecular formula is C14H18ClNO4S. The molecule has 1 aromatic carbocycles. The van der Waals surface area contributed by atoms with Crippen molar-refractivity contribution in [3.8, 4) is 0 Å². The molecule has 0 aliphatic carbocycles. The van der Waals surface area contributed by atoms with Crippen molar-refractivity contribution in [3.63, 3.8) is 0 Å². The number of ether oxygens (including phenoxy) is 1. The van der Waals surface area contributed by atoms with Gasteiger partial charge in [-0.2, -0.15) is 4.31 Å². The van der Waals surface area contributed by atoms with Crippen molar-refractivity contribution in [2.45, 2.75) is 18.7 Å². The summed E-state index contributed by atoms with van der Waals surface area (Å²) in [5.41, 5.74) is 0.514. The molecule has 5 nitrogen and oxygen atoms in total. The third-order valence-corrected chi connectivity index (χ3v) is 4.91. The average molecular weight is 332 g/mol. The fourth-order valence-electron chi connectivity index (χ4n) is 1.78. The van der Waals surface area contributed by atoms with E-state index in [1.165, 1.54) is 18.2 Å². The van der Waals surface area contributed by atoms with Crippen molar-refractivity contribution >= 4 is 27.6 Å². The molecule has 0 unspecified atom stereocenters. The molecule has 0 saturated carbocycles. The lowest BCUT2D eigenvalue weighted by Crippen LogP contribution is -2.37. The number of rotatable bonds is 7. The molecule has 7 heteroatoms. The summed E-state index contributed by atoms with van der Waals surface area (Å²) in [5, 5.41) is 0.451. The van der Waals surface area contributed by atoms with Crippen molar-refractivity contribution < 1.29 is 17.9 Å². The Bertz CT molecular complexity index is 628. The quantitative estimate of drug-likeness (QED) is 0.568. The SMILES string of the molecule is C=CCN(CC(=O)OCC)S(=O)(=O)c1ccc(Cl)cc1C. The van der Waals surface area contributed by atoms with Crippen LogP contribution in [0.2, 0.25) is 5.02 Å². The molecule has 1 aromatic rings. The summed E-state index contributed by atoms with van der Waals surface area (Å²) >= 11 is 5.83. The van der Waals surface area contributed by atoms with Crippen molar-refractivity contribution in [3.05, 3.63) is 41.4 Å². The summed E-state index contributed by atoms with van der Waals surface area (Å²) in [6, 6.07) is 4.48. The minimum absolute atomic E-state index is 0.0171. The van der Waals surface area contributed by atoms with Crippen molar-refractivity contribution in [2.75, 3.05) is 19.7 Å². The molecule has 0 aromatic heterocycles. The first-order valence-electron chi connectivity index (χ1n) is 6.35. The van der Waals surface area contributed by atoms with Crippen LogP contribution in [0.15, 0.2) is 35.7 Å². The summed E-state index contributed by atoms with van der Waals surface area (Å²) in [5.74, 6) is -0.602. The number of carbonyl (C=O) groups excluding carboxylic acids is 1. The third-order valence-electron chi connectivity index (χ3n) is 2.70. The highest BCUT2D eigenvalue weighted by molar-refractivity contribution is 7.89. The van der Waals surface area contributed by atoms with Crippen LogP contribution < -0.4 is 0 Å². The van der Waals surface area contributed by atoms with Crippen LogP contribution in [-0.4, -0.2) is 38.4 Å². The number of hydrogen-bond donors (Lipinski definition) is 0. The lowest BCUT2D eigenvalue weighted by atomic mass is 10.2. The van der Waals surface area contributed by atoms with Crippen LogP contribution >= 0.6 is 11.6 Å². The van der Waals surface area contributed by atoms with E-state index >= 15 is 0 Å². The molecule has 0 bridgehead atoms. The van der Waals surface area contributed by atoms with Crippen molar-refractivity contribution in [2.24, 2.45) is 0 Å². The molecule has 0 aliphatic heterocycles. The monoisotopic (exact) mass is 331 g/mol. The van der Waals surface area contributed by atoms with E-state index in [2.05, 4.69) is 6.58 Å². The fraction of sp³-hybridized carbons (Fsp3) is 0.357. The number of carbonyl (C=O) groups is 1. The van der Waals surface area contributed by atoms with Gasteiger partial charge in [-0.05, 0) is 37.6 Å². The highest BCUT2D eigenvalue weighted by Gasteiger charge is 2.27. The van der Waals surface area contributed by atoms with Crippen molar-refractivity contribution in [1.29, 1.82) is 0 Å². The van der Waals surface area contributed by atoms with Gasteiger partial charge in [0, 0.05) is 11.6 Å². The standard InChI is InChI=1S/C14H18ClNO4S/c1-4-8-16(10-14(17)20-5-2)21(18,19)13-7-6-12(15)9-11(13)3/h4,6-7,9H,1,5,8,10H2,2-3H3. The van der Waals surface area contributed by atoms with Crippen LogP contribution in [0.25, 0.3) is 0 Å². The second-order valence-corrected chi connectivity index (χ2v) is 6.64. The Labute approximate surface area is 130 Å². The lowest BCUT2D eigenvalue weighted by Gasteiger charge is -2.20. The molecule has 0 aliphatic rings. The van der Waals surface area contributed by atoms with Gasteiger partial charge in [-0.15, -0.1) is 6.58 Å². The van der Waals surface area contributed by atoms with Crippen LogP contribution in [0, 0.1) is 6.92 Å². The second kappa shape index (κ2) is 7.59. The first-order valence-corrected chi connectivity index (χ1v) is 8.17. The van der Waals surface area contributed by atoms with Crippen LogP contribution in [-0.2, 0) is 19.6 Å². The molecule has 21 heavy (non-hydrogen) atoms. The maximum Gasteiger partial charge on any atom is 0.321 e. The Morgan fingerprint density at radius 1 is 1.48 bits per heavy atom. The largest absolute Gasteiger partial charge is 0.465 e. The van der Waals surface area contributed by atoms with Gasteiger partial charge in [0.05, 0.1) is 11.5 Å². The van der Waals surface area contributed by atoms with E-state index in [0.29, 0.717) is 10.6 Å². The first kappa shape index (κ1) is 17.7. The average Bonchev–Trinajstić information content (AvgIpc) is 2.38. The molecular weight excluding hydrogens is 314 g/mol. The number of sulfonamides is 1. The Hall–Kier alpha value is -1.37. The third kappa shape index (κ3) is 4.56. The van der Waals surface area contributed by atoms with Gasteiger partial charge in [0.15, 0.2) is 0 Å². The molecule has 0 N–H and O–H groups in total. The molecule has 0 heterocycles. The maximum atomic E-state index is 12.6. The van der Waals surface area contributed by atoms with Gasteiger partial charge in [0.1, 0.15) is 6.54 Å². The summed E-state index contributed by atoms with van der Waals surface area (Å²) < 4.78 is 31.1. The Kier molecular flexibility index (Phi) is 6.39. The topological polar surface area (TPSA) is 63.7 Å². The van der Waals surface area contributed by atoms with Gasteiger partial charge in [-0.3, -0.25) is 4.79 Å². The predicted molar refractivity (Wildman–Crippen MR) is 81.8 cm³/mol. The zero-order valence-corrected chi connectivity index (χ0v) is 13.6. The maximum absolute atomic E-state index is 12.6. The molecule has 0 amide bonds. The molecule has 0 fully saturated rings. The van der Waals surface area contributed by atoms with Gasteiger partial charge in [0.2, 0.25) is 10.0 Å². The Morgan fingerprint density at radius 3 is 2.67 bits per heavy atom. The van der Waals surface area contributed by atoms with Crippen LogP contribution in [0.5, 0.6) is 0 Å². The van der Waals surface area contributed by atoms with Crippen LogP contribution in [0.1, 0.15) is 12.5 Å². The zero-order valence-electron chi connectivity index (χ0n) is 12.0. The van der Waals surface area contributed by atoms with Crippen LogP contribution in [0.4, 0.5) is 0 Å². The number of benzene rings is 1. The van der Waals surface area contributed by atoms with E-state index in [0.717, 1.165) is 4.31 Å². The Morgan fingerprint density at radius 2 is 2.14 bits per heavy atom. The molecule has 116 valence electrons. The Balaban J connectivity index is 3.15. The van der Waals surface area contributed by atoms with E-state index in [4.69, 9.17) is 16.3 Å². The van der Waals surface area contributed by atoms with Gasteiger partial charge < -0.3 is 4.74 Å². The predicted octanol–water partition coefficient (Wildman–Crippen LogP) is 2.39. The number of esters is 1. The number of hydrogen-bond acceptors (Lipinski definition) is 4.